The highest BCUT2D eigenvalue weighted by atomic mass is 16.4. The van der Waals surface area contributed by atoms with E-state index in [9.17, 15) is 9.90 Å². The van der Waals surface area contributed by atoms with Crippen LogP contribution in [0.1, 0.15) is 54.9 Å². The number of hydrogen-bond donors (Lipinski definition) is 1. The highest BCUT2D eigenvalue weighted by Crippen LogP contribution is 2.28. The number of aryl methyl sites for hydroxylation is 1. The number of anilines is 1. The zero-order valence-corrected chi connectivity index (χ0v) is 12.6. The lowest BCUT2D eigenvalue weighted by Gasteiger charge is -2.25. The van der Waals surface area contributed by atoms with Gasteiger partial charge >= 0.3 is 5.97 Å². The molecule has 0 bridgehead atoms. The first-order chi connectivity index (χ1) is 9.61. The number of carbonyl (C=O) groups is 1. The van der Waals surface area contributed by atoms with Crippen LogP contribution in [0.2, 0.25) is 0 Å². The summed E-state index contributed by atoms with van der Waals surface area (Å²) in [7, 11) is 0. The summed E-state index contributed by atoms with van der Waals surface area (Å²) in [5, 5.41) is 9.37. The number of benzene rings is 1. The van der Waals surface area contributed by atoms with Gasteiger partial charge in [-0.05, 0) is 49.8 Å². The van der Waals surface area contributed by atoms with E-state index in [1.54, 1.807) is 6.07 Å². The molecule has 0 saturated carbocycles. The molecule has 1 aliphatic heterocycles. The highest BCUT2D eigenvalue weighted by molar-refractivity contribution is 5.94. The fourth-order valence-electron chi connectivity index (χ4n) is 3.19. The average Bonchev–Trinajstić information content (AvgIpc) is 2.64. The number of nitrogens with zero attached hydrogens (tertiary/aromatic N) is 1. The molecule has 3 heteroatoms. The fraction of sp³-hybridized carbons (Fsp3) is 0.588. The van der Waals surface area contributed by atoms with Gasteiger partial charge < -0.3 is 10.0 Å². The monoisotopic (exact) mass is 275 g/mol. The molecule has 1 saturated heterocycles. The van der Waals surface area contributed by atoms with Gasteiger partial charge in [0.1, 0.15) is 0 Å². The Kier molecular flexibility index (Phi) is 5.05. The molecular formula is C17H25NO2. The Morgan fingerprint density at radius 1 is 1.35 bits per heavy atom. The van der Waals surface area contributed by atoms with Crippen molar-refractivity contribution in [3.63, 3.8) is 0 Å². The smallest absolute Gasteiger partial charge is 0.337 e. The van der Waals surface area contributed by atoms with Crippen molar-refractivity contribution in [3.05, 3.63) is 29.3 Å². The minimum absolute atomic E-state index is 0.435. The van der Waals surface area contributed by atoms with E-state index < -0.39 is 5.97 Å². The second-order valence-electron chi connectivity index (χ2n) is 5.90. The SMILES string of the molecule is CCCC1CCCN(c2cc(C)ccc2C(=O)O)CC1. The van der Waals surface area contributed by atoms with E-state index in [0.29, 0.717) is 5.56 Å². The van der Waals surface area contributed by atoms with Crippen LogP contribution in [0.5, 0.6) is 0 Å². The van der Waals surface area contributed by atoms with Gasteiger partial charge in [0.05, 0.1) is 11.3 Å². The summed E-state index contributed by atoms with van der Waals surface area (Å²) in [6.07, 6.45) is 6.17. The molecule has 1 atom stereocenters. The minimum Gasteiger partial charge on any atom is -0.478 e. The van der Waals surface area contributed by atoms with Gasteiger partial charge in [0.15, 0.2) is 0 Å². The molecule has 3 nitrogen and oxygen atoms in total. The second kappa shape index (κ2) is 6.78. The van der Waals surface area contributed by atoms with Crippen molar-refractivity contribution in [2.45, 2.75) is 46.0 Å². The van der Waals surface area contributed by atoms with Crippen molar-refractivity contribution < 1.29 is 9.90 Å². The molecule has 1 aromatic carbocycles. The summed E-state index contributed by atoms with van der Waals surface area (Å²) in [4.78, 5) is 13.7. The van der Waals surface area contributed by atoms with Gasteiger partial charge in [-0.3, -0.25) is 0 Å². The summed E-state index contributed by atoms with van der Waals surface area (Å²) in [6, 6.07) is 5.63. The number of rotatable bonds is 4. The summed E-state index contributed by atoms with van der Waals surface area (Å²) >= 11 is 0. The average molecular weight is 275 g/mol. The first-order valence-corrected chi connectivity index (χ1v) is 7.70. The topological polar surface area (TPSA) is 40.5 Å². The van der Waals surface area contributed by atoms with E-state index >= 15 is 0 Å². The van der Waals surface area contributed by atoms with Crippen LogP contribution in [0.15, 0.2) is 18.2 Å². The molecule has 0 radical (unpaired) electrons. The summed E-state index contributed by atoms with van der Waals surface area (Å²) in [6.45, 7) is 6.22. The Morgan fingerprint density at radius 2 is 2.15 bits per heavy atom. The summed E-state index contributed by atoms with van der Waals surface area (Å²) in [5.41, 5.74) is 2.46. The quantitative estimate of drug-likeness (QED) is 0.899. The van der Waals surface area contributed by atoms with Crippen LogP contribution >= 0.6 is 0 Å². The normalized spacial score (nSPS) is 19.7. The molecule has 1 heterocycles. The van der Waals surface area contributed by atoms with Gasteiger partial charge in [0.2, 0.25) is 0 Å². The minimum atomic E-state index is -0.825. The largest absolute Gasteiger partial charge is 0.478 e. The number of carboxylic acid groups (broad SMARTS) is 1. The third kappa shape index (κ3) is 3.53. The zero-order chi connectivity index (χ0) is 14.5. The number of aromatic carboxylic acids is 1. The van der Waals surface area contributed by atoms with Crippen LogP contribution < -0.4 is 4.90 Å². The van der Waals surface area contributed by atoms with Crippen molar-refractivity contribution in [1.82, 2.24) is 0 Å². The van der Waals surface area contributed by atoms with Crippen molar-refractivity contribution in [1.29, 1.82) is 0 Å². The van der Waals surface area contributed by atoms with Crippen LogP contribution in [0.4, 0.5) is 5.69 Å². The van der Waals surface area contributed by atoms with Gasteiger partial charge in [-0.1, -0.05) is 25.8 Å². The third-order valence-electron chi connectivity index (χ3n) is 4.27. The maximum atomic E-state index is 11.4. The van der Waals surface area contributed by atoms with Crippen molar-refractivity contribution in [2.75, 3.05) is 18.0 Å². The van der Waals surface area contributed by atoms with Crippen LogP contribution in [-0.4, -0.2) is 24.2 Å². The molecule has 0 aromatic heterocycles. The van der Waals surface area contributed by atoms with Crippen LogP contribution in [0.25, 0.3) is 0 Å². The predicted octanol–water partition coefficient (Wildman–Crippen LogP) is 4.10. The lowest BCUT2D eigenvalue weighted by Crippen LogP contribution is -2.26. The lowest BCUT2D eigenvalue weighted by molar-refractivity contribution is 0.0697. The molecule has 0 amide bonds. The molecule has 110 valence electrons. The first-order valence-electron chi connectivity index (χ1n) is 7.70. The van der Waals surface area contributed by atoms with Crippen LogP contribution in [0.3, 0.4) is 0 Å². The van der Waals surface area contributed by atoms with Crippen LogP contribution in [0, 0.1) is 12.8 Å². The Morgan fingerprint density at radius 3 is 2.85 bits per heavy atom. The Hall–Kier alpha value is -1.51. The van der Waals surface area contributed by atoms with Crippen LogP contribution in [-0.2, 0) is 0 Å². The van der Waals surface area contributed by atoms with Gasteiger partial charge in [0.25, 0.3) is 0 Å². The predicted molar refractivity (Wildman–Crippen MR) is 82.6 cm³/mol. The van der Waals surface area contributed by atoms with Crippen molar-refractivity contribution >= 4 is 11.7 Å². The van der Waals surface area contributed by atoms with Gasteiger partial charge in [-0.25, -0.2) is 4.79 Å². The maximum absolute atomic E-state index is 11.4. The first kappa shape index (κ1) is 14.9. The Bertz CT molecular complexity index is 470. The molecule has 1 aliphatic rings. The van der Waals surface area contributed by atoms with E-state index in [-0.39, 0.29) is 0 Å². The highest BCUT2D eigenvalue weighted by Gasteiger charge is 2.20. The van der Waals surface area contributed by atoms with Crippen molar-refractivity contribution in [3.8, 4) is 0 Å². The molecule has 1 unspecified atom stereocenters. The molecule has 0 aliphatic carbocycles. The molecule has 1 aromatic rings. The molecular weight excluding hydrogens is 250 g/mol. The van der Waals surface area contributed by atoms with E-state index in [2.05, 4.69) is 11.8 Å². The molecule has 1 fully saturated rings. The van der Waals surface area contributed by atoms with Gasteiger partial charge in [0, 0.05) is 13.1 Å². The van der Waals surface area contributed by atoms with E-state index in [0.717, 1.165) is 36.7 Å². The Balaban J connectivity index is 2.18. The van der Waals surface area contributed by atoms with Crippen molar-refractivity contribution in [2.24, 2.45) is 5.92 Å². The lowest BCUT2D eigenvalue weighted by atomic mass is 9.96. The molecule has 1 N–H and O–H groups in total. The zero-order valence-electron chi connectivity index (χ0n) is 12.6. The maximum Gasteiger partial charge on any atom is 0.337 e. The fourth-order valence-corrected chi connectivity index (χ4v) is 3.19. The summed E-state index contributed by atoms with van der Waals surface area (Å²) in [5.74, 6) is -0.0163. The summed E-state index contributed by atoms with van der Waals surface area (Å²) < 4.78 is 0. The van der Waals surface area contributed by atoms with E-state index in [4.69, 9.17) is 0 Å². The van der Waals surface area contributed by atoms with E-state index in [1.165, 1.54) is 25.7 Å². The van der Waals surface area contributed by atoms with Gasteiger partial charge in [-0.2, -0.15) is 0 Å². The second-order valence-corrected chi connectivity index (χ2v) is 5.90. The number of carboxylic acids is 1. The molecule has 20 heavy (non-hydrogen) atoms. The number of hydrogen-bond acceptors (Lipinski definition) is 2. The molecule has 0 spiro atoms. The van der Waals surface area contributed by atoms with E-state index in [1.807, 2.05) is 19.1 Å². The Labute approximate surface area is 121 Å². The van der Waals surface area contributed by atoms with Gasteiger partial charge in [-0.15, -0.1) is 0 Å². The third-order valence-corrected chi connectivity index (χ3v) is 4.27. The molecule has 2 rings (SSSR count). The standard InChI is InChI=1S/C17H25NO2/c1-3-5-14-6-4-10-18(11-9-14)16-12-13(2)7-8-15(16)17(19)20/h7-8,12,14H,3-6,9-11H2,1-2H3,(H,19,20).